The smallest absolute Gasteiger partial charge is 0.331 e. The number of carbonyl (C=O) groups is 1. The first-order valence-corrected chi connectivity index (χ1v) is 13.8. The quantitative estimate of drug-likeness (QED) is 0.272. The van der Waals surface area contributed by atoms with Crippen LogP contribution < -0.4 is 22.1 Å². The Hall–Kier alpha value is -4.31. The summed E-state index contributed by atoms with van der Waals surface area (Å²) in [5.74, 6) is -0.0195. The minimum Gasteiger partial charge on any atom is -0.352 e. The Morgan fingerprint density at radius 1 is 0.974 bits per heavy atom. The highest BCUT2D eigenvalue weighted by atomic mass is 32.1. The number of aryl methyl sites for hydroxylation is 1. The number of benzene rings is 1. The summed E-state index contributed by atoms with van der Waals surface area (Å²) in [5, 5.41) is 4.71. The van der Waals surface area contributed by atoms with Crippen LogP contribution >= 0.6 is 11.3 Å². The first-order valence-electron chi connectivity index (χ1n) is 12.9. The zero-order valence-corrected chi connectivity index (χ0v) is 22.4. The number of hydrogen-bond acceptors (Lipinski definition) is 6. The molecule has 4 heterocycles. The van der Waals surface area contributed by atoms with Crippen LogP contribution in [0.5, 0.6) is 0 Å². The van der Waals surface area contributed by atoms with Crippen LogP contribution in [0.25, 0.3) is 15.9 Å². The van der Waals surface area contributed by atoms with Gasteiger partial charge >= 0.3 is 5.69 Å². The molecule has 0 aliphatic rings. The van der Waals surface area contributed by atoms with Crippen molar-refractivity contribution in [2.45, 2.75) is 52.2 Å². The van der Waals surface area contributed by atoms with Crippen LogP contribution in [0.1, 0.15) is 42.5 Å². The molecule has 5 rings (SSSR count). The maximum absolute atomic E-state index is 13.4. The number of hydrogen-bond donors (Lipinski definition) is 1. The third-order valence-electron chi connectivity index (χ3n) is 6.68. The van der Waals surface area contributed by atoms with Gasteiger partial charge in [-0.1, -0.05) is 42.3 Å². The van der Waals surface area contributed by atoms with Crippen LogP contribution in [0.3, 0.4) is 0 Å². The van der Waals surface area contributed by atoms with Gasteiger partial charge in [0.15, 0.2) is 0 Å². The number of nitrogens with zero attached hydrogens (tertiary/aromatic N) is 4. The van der Waals surface area contributed by atoms with E-state index in [1.54, 1.807) is 35.8 Å². The lowest BCUT2D eigenvalue weighted by Gasteiger charge is -2.12. The SMILES string of the molecule is Cc1ccc(CNC(=O)CCCCCn2c(=O)c3sccc3n(Cc3cc(=O)n4ccccc4n3)c2=O)cc1. The van der Waals surface area contributed by atoms with Crippen molar-refractivity contribution < 1.29 is 4.79 Å². The van der Waals surface area contributed by atoms with Crippen LogP contribution in [-0.4, -0.2) is 24.4 Å². The molecule has 0 fully saturated rings. The van der Waals surface area contributed by atoms with Crippen LogP contribution in [0, 0.1) is 6.92 Å². The molecule has 0 saturated carbocycles. The van der Waals surface area contributed by atoms with Gasteiger partial charge < -0.3 is 5.32 Å². The molecule has 0 bridgehead atoms. The van der Waals surface area contributed by atoms with Crippen molar-refractivity contribution >= 4 is 33.1 Å². The molecule has 0 aliphatic heterocycles. The molecule has 5 aromatic rings. The Bertz CT molecular complexity index is 1810. The van der Waals surface area contributed by atoms with Crippen LogP contribution in [0.2, 0.25) is 0 Å². The zero-order chi connectivity index (χ0) is 27.4. The molecular formula is C29H29N5O4S. The van der Waals surface area contributed by atoms with E-state index in [-0.39, 0.29) is 30.1 Å². The molecule has 10 heteroatoms. The highest BCUT2D eigenvalue weighted by Gasteiger charge is 2.15. The predicted molar refractivity (Wildman–Crippen MR) is 152 cm³/mol. The van der Waals surface area contributed by atoms with Gasteiger partial charge in [-0.05, 0) is 48.9 Å². The number of unbranched alkanes of at least 4 members (excludes halogenated alkanes) is 2. The van der Waals surface area contributed by atoms with Crippen molar-refractivity contribution in [2.24, 2.45) is 0 Å². The summed E-state index contributed by atoms with van der Waals surface area (Å²) < 4.78 is 4.69. The molecule has 39 heavy (non-hydrogen) atoms. The van der Waals surface area contributed by atoms with Gasteiger partial charge in [0, 0.05) is 31.8 Å². The van der Waals surface area contributed by atoms with E-state index in [0.29, 0.717) is 53.8 Å². The van der Waals surface area contributed by atoms with E-state index in [0.717, 1.165) is 5.56 Å². The van der Waals surface area contributed by atoms with Crippen LogP contribution in [0.4, 0.5) is 0 Å². The molecule has 200 valence electrons. The first kappa shape index (κ1) is 26.3. The van der Waals surface area contributed by atoms with Crippen molar-refractivity contribution in [2.75, 3.05) is 0 Å². The highest BCUT2D eigenvalue weighted by molar-refractivity contribution is 7.17. The van der Waals surface area contributed by atoms with Gasteiger partial charge in [0.05, 0.1) is 17.8 Å². The van der Waals surface area contributed by atoms with E-state index in [1.165, 1.54) is 36.5 Å². The molecule has 0 aliphatic carbocycles. The minimum absolute atomic E-state index is 0.0195. The lowest BCUT2D eigenvalue weighted by molar-refractivity contribution is -0.121. The zero-order valence-electron chi connectivity index (χ0n) is 21.6. The monoisotopic (exact) mass is 543 g/mol. The van der Waals surface area contributed by atoms with Gasteiger partial charge in [0.2, 0.25) is 5.91 Å². The van der Waals surface area contributed by atoms with Crippen molar-refractivity contribution in [1.29, 1.82) is 0 Å². The summed E-state index contributed by atoms with van der Waals surface area (Å²) in [7, 11) is 0. The summed E-state index contributed by atoms with van der Waals surface area (Å²) in [6.07, 6.45) is 3.99. The van der Waals surface area contributed by atoms with Crippen molar-refractivity contribution in [1.82, 2.24) is 23.8 Å². The van der Waals surface area contributed by atoms with E-state index in [2.05, 4.69) is 10.3 Å². The molecule has 0 spiro atoms. The van der Waals surface area contributed by atoms with Crippen molar-refractivity contribution in [3.05, 3.63) is 114 Å². The van der Waals surface area contributed by atoms with E-state index in [9.17, 15) is 19.2 Å². The predicted octanol–water partition coefficient (Wildman–Crippen LogP) is 3.47. The largest absolute Gasteiger partial charge is 0.352 e. The molecule has 1 aromatic carbocycles. The number of rotatable bonds is 10. The maximum atomic E-state index is 13.4. The van der Waals surface area contributed by atoms with Crippen LogP contribution in [0.15, 0.2) is 80.6 Å². The van der Waals surface area contributed by atoms with Gasteiger partial charge in [-0.2, -0.15) is 0 Å². The number of nitrogens with one attached hydrogen (secondary N) is 1. The number of amides is 1. The standard InChI is InChI=1S/C29H29N5O4S/c1-20-9-11-21(12-10-20)18-30-25(35)8-3-2-5-15-33-28(37)27-23(13-16-39-27)34(29(33)38)19-22-17-26(36)32-14-6-4-7-24(32)31-22/h4,6-7,9-14,16-17H,2-3,5,8,15,18-19H2,1H3,(H,30,35). The number of pyridine rings is 1. The van der Waals surface area contributed by atoms with E-state index < -0.39 is 5.69 Å². The minimum atomic E-state index is -0.434. The third kappa shape index (κ3) is 5.91. The summed E-state index contributed by atoms with van der Waals surface area (Å²) >= 11 is 1.29. The second-order valence-corrected chi connectivity index (χ2v) is 10.5. The number of thiophene rings is 1. The van der Waals surface area contributed by atoms with Gasteiger partial charge in [-0.3, -0.25) is 27.9 Å². The Morgan fingerprint density at radius 3 is 2.62 bits per heavy atom. The molecule has 0 saturated heterocycles. The Morgan fingerprint density at radius 2 is 1.79 bits per heavy atom. The van der Waals surface area contributed by atoms with Crippen molar-refractivity contribution in [3.63, 3.8) is 0 Å². The summed E-state index contributed by atoms with van der Waals surface area (Å²) in [5.41, 5.74) is 2.72. The van der Waals surface area contributed by atoms with E-state index in [1.807, 2.05) is 31.2 Å². The van der Waals surface area contributed by atoms with E-state index in [4.69, 9.17) is 0 Å². The van der Waals surface area contributed by atoms with Gasteiger partial charge in [-0.15, -0.1) is 11.3 Å². The fourth-order valence-electron chi connectivity index (χ4n) is 4.56. The van der Waals surface area contributed by atoms with Gasteiger partial charge in [0.25, 0.3) is 11.1 Å². The molecule has 1 N–H and O–H groups in total. The number of aromatic nitrogens is 4. The summed E-state index contributed by atoms with van der Waals surface area (Å²) in [4.78, 5) is 55.8. The molecule has 0 atom stereocenters. The lowest BCUT2D eigenvalue weighted by atomic mass is 10.1. The average Bonchev–Trinajstić information content (AvgIpc) is 3.42. The lowest BCUT2D eigenvalue weighted by Crippen LogP contribution is -2.40. The normalized spacial score (nSPS) is 11.3. The molecule has 0 radical (unpaired) electrons. The maximum Gasteiger partial charge on any atom is 0.331 e. The second kappa shape index (κ2) is 11.6. The van der Waals surface area contributed by atoms with Gasteiger partial charge in [-0.25, -0.2) is 9.78 Å². The first-order chi connectivity index (χ1) is 18.9. The Balaban J connectivity index is 1.24. The molecule has 9 nitrogen and oxygen atoms in total. The molecule has 0 unspecified atom stereocenters. The molecule has 4 aromatic heterocycles. The van der Waals surface area contributed by atoms with Gasteiger partial charge in [0.1, 0.15) is 10.3 Å². The third-order valence-corrected chi connectivity index (χ3v) is 7.57. The highest BCUT2D eigenvalue weighted by Crippen LogP contribution is 2.16. The topological polar surface area (TPSA) is 107 Å². The Labute approximate surface area is 228 Å². The second-order valence-electron chi connectivity index (χ2n) is 9.55. The average molecular weight is 544 g/mol. The summed E-state index contributed by atoms with van der Waals surface area (Å²) in [6, 6.07) is 16.5. The molecular weight excluding hydrogens is 514 g/mol. The van der Waals surface area contributed by atoms with Crippen molar-refractivity contribution in [3.8, 4) is 0 Å². The Kier molecular flexibility index (Phi) is 7.83. The van der Waals surface area contributed by atoms with E-state index >= 15 is 0 Å². The fourth-order valence-corrected chi connectivity index (χ4v) is 5.40. The fraction of sp³-hybridized carbons (Fsp3) is 0.276. The molecule has 1 amide bonds. The number of carbonyl (C=O) groups excluding carboxylic acids is 1. The number of fused-ring (bicyclic) bond motifs is 2. The van der Waals surface area contributed by atoms with Crippen LogP contribution in [-0.2, 0) is 24.4 Å². The summed E-state index contributed by atoms with van der Waals surface area (Å²) in [6.45, 7) is 2.85.